The third kappa shape index (κ3) is 6.54. The van der Waals surface area contributed by atoms with Gasteiger partial charge in [0.2, 0.25) is 12.3 Å². The summed E-state index contributed by atoms with van der Waals surface area (Å²) in [4.78, 5) is 26.6. The minimum Gasteiger partial charge on any atom is -0.337 e. The van der Waals surface area contributed by atoms with Gasteiger partial charge in [-0.3, -0.25) is 9.59 Å². The van der Waals surface area contributed by atoms with E-state index in [0.717, 1.165) is 29.5 Å². The van der Waals surface area contributed by atoms with Crippen LogP contribution in [0.3, 0.4) is 0 Å². The average molecular weight is 435 g/mol. The van der Waals surface area contributed by atoms with Crippen molar-refractivity contribution in [1.29, 1.82) is 5.26 Å². The summed E-state index contributed by atoms with van der Waals surface area (Å²) in [6.45, 7) is 1.86. The predicted octanol–water partition coefficient (Wildman–Crippen LogP) is 4.51. The molecule has 0 aliphatic heterocycles. The van der Waals surface area contributed by atoms with E-state index >= 15 is 0 Å². The van der Waals surface area contributed by atoms with Gasteiger partial charge in [-0.15, -0.1) is 0 Å². The van der Waals surface area contributed by atoms with Crippen LogP contribution in [-0.4, -0.2) is 30.3 Å². The molecule has 0 fully saturated rings. The number of nitriles is 1. The van der Waals surface area contributed by atoms with Crippen LogP contribution in [0.15, 0.2) is 42.5 Å². The van der Waals surface area contributed by atoms with Crippen molar-refractivity contribution in [2.45, 2.75) is 32.5 Å². The number of rotatable bonds is 9. The maximum absolute atomic E-state index is 14.2. The molecule has 31 heavy (non-hydrogen) atoms. The molecule has 0 saturated carbocycles. The molecule has 2 amide bonds. The van der Waals surface area contributed by atoms with Crippen LogP contribution in [0.5, 0.6) is 0 Å². The lowest BCUT2D eigenvalue weighted by atomic mass is 10.1. The number of nitrogens with zero attached hydrogens (tertiary/aromatic N) is 3. The van der Waals surface area contributed by atoms with E-state index in [4.69, 9.17) is 5.26 Å². The molecule has 0 N–H and O–H groups in total. The van der Waals surface area contributed by atoms with Crippen molar-refractivity contribution in [3.63, 3.8) is 0 Å². The minimum absolute atomic E-state index is 0.0551. The number of carbonyl (C=O) groups excluding carboxylic acids is 2. The van der Waals surface area contributed by atoms with Crippen molar-refractivity contribution in [3.05, 3.63) is 65.0 Å². The summed E-state index contributed by atoms with van der Waals surface area (Å²) in [6.07, 6.45) is -2.71. The molecule has 0 heterocycles. The summed E-state index contributed by atoms with van der Waals surface area (Å²) in [7, 11) is 0. The fourth-order valence-corrected chi connectivity index (χ4v) is 2.89. The Bertz CT molecular complexity index is 953. The third-order valence-corrected chi connectivity index (χ3v) is 4.61. The van der Waals surface area contributed by atoms with Crippen LogP contribution in [0.1, 0.15) is 36.5 Å². The summed E-state index contributed by atoms with van der Waals surface area (Å²) >= 11 is 0. The highest BCUT2D eigenvalue weighted by molar-refractivity contribution is 5.89. The number of amides is 2. The number of hydrogen-bond donors (Lipinski definition) is 0. The fraction of sp³-hybridized carbons (Fsp3) is 0.318. The second kappa shape index (κ2) is 10.6. The van der Waals surface area contributed by atoms with Crippen molar-refractivity contribution < 1.29 is 27.2 Å². The molecule has 0 atom stereocenters. The smallest absolute Gasteiger partial charge is 0.337 e. The van der Waals surface area contributed by atoms with Gasteiger partial charge >= 0.3 is 6.18 Å². The Hall–Kier alpha value is -3.41. The molecule has 0 aliphatic rings. The summed E-state index contributed by atoms with van der Waals surface area (Å²) in [5.41, 5.74) is -0.358. The van der Waals surface area contributed by atoms with Gasteiger partial charge in [0, 0.05) is 13.1 Å². The van der Waals surface area contributed by atoms with Gasteiger partial charge in [-0.2, -0.15) is 18.4 Å². The van der Waals surface area contributed by atoms with Crippen LogP contribution in [0, 0.1) is 17.1 Å². The van der Waals surface area contributed by atoms with Gasteiger partial charge in [0.05, 0.1) is 22.9 Å². The Morgan fingerprint density at radius 3 is 2.35 bits per heavy atom. The van der Waals surface area contributed by atoms with E-state index < -0.39 is 30.0 Å². The molecule has 0 spiro atoms. The molecule has 0 radical (unpaired) electrons. The number of benzene rings is 2. The van der Waals surface area contributed by atoms with E-state index in [0.29, 0.717) is 24.9 Å². The first-order chi connectivity index (χ1) is 14.7. The SMILES string of the molecule is CCCCN(Cc1ccc(C(F)(F)F)cc1)C(=O)CN(C=O)c1ccc(C#N)cc1F. The molecular weight excluding hydrogens is 414 g/mol. The van der Waals surface area contributed by atoms with Crippen molar-refractivity contribution in [3.8, 4) is 6.07 Å². The monoisotopic (exact) mass is 435 g/mol. The maximum atomic E-state index is 14.2. The van der Waals surface area contributed by atoms with Gasteiger partial charge in [0.25, 0.3) is 0 Å². The Balaban J connectivity index is 2.18. The van der Waals surface area contributed by atoms with Crippen LogP contribution in [0.4, 0.5) is 23.2 Å². The highest BCUT2D eigenvalue weighted by atomic mass is 19.4. The van der Waals surface area contributed by atoms with E-state index in [9.17, 15) is 27.2 Å². The normalized spacial score (nSPS) is 11.0. The first-order valence-corrected chi connectivity index (χ1v) is 9.55. The Kier molecular flexibility index (Phi) is 8.14. The second-order valence-corrected chi connectivity index (χ2v) is 6.87. The molecule has 5 nitrogen and oxygen atoms in total. The largest absolute Gasteiger partial charge is 0.416 e. The molecule has 2 aromatic rings. The van der Waals surface area contributed by atoms with Gasteiger partial charge in [-0.25, -0.2) is 4.39 Å². The van der Waals surface area contributed by atoms with Gasteiger partial charge in [-0.05, 0) is 42.3 Å². The lowest BCUT2D eigenvalue weighted by Crippen LogP contribution is -2.40. The van der Waals surface area contributed by atoms with Crippen LogP contribution in [0.2, 0.25) is 0 Å². The molecule has 0 unspecified atom stereocenters. The summed E-state index contributed by atoms with van der Waals surface area (Å²) in [6, 6.07) is 9.80. The van der Waals surface area contributed by atoms with Crippen LogP contribution < -0.4 is 4.90 Å². The molecule has 2 rings (SSSR count). The number of carbonyl (C=O) groups is 2. The zero-order valence-electron chi connectivity index (χ0n) is 16.8. The molecule has 9 heteroatoms. The molecule has 164 valence electrons. The Labute approximate surface area is 177 Å². The highest BCUT2D eigenvalue weighted by Crippen LogP contribution is 2.29. The minimum atomic E-state index is -4.45. The molecule has 0 saturated heterocycles. The lowest BCUT2D eigenvalue weighted by Gasteiger charge is -2.26. The van der Waals surface area contributed by atoms with E-state index in [2.05, 4.69) is 0 Å². The van der Waals surface area contributed by atoms with E-state index in [1.54, 1.807) is 6.07 Å². The molecule has 0 aliphatic carbocycles. The molecule has 2 aromatic carbocycles. The average Bonchev–Trinajstić information content (AvgIpc) is 2.74. The molecule has 0 bridgehead atoms. The van der Waals surface area contributed by atoms with Crippen LogP contribution in [-0.2, 0) is 22.3 Å². The number of alkyl halides is 3. The van der Waals surface area contributed by atoms with Crippen molar-refractivity contribution in [2.24, 2.45) is 0 Å². The van der Waals surface area contributed by atoms with E-state index in [1.165, 1.54) is 29.2 Å². The van der Waals surface area contributed by atoms with Crippen LogP contribution in [0.25, 0.3) is 0 Å². The third-order valence-electron chi connectivity index (χ3n) is 4.61. The zero-order valence-corrected chi connectivity index (χ0v) is 16.8. The number of halogens is 4. The fourth-order valence-electron chi connectivity index (χ4n) is 2.89. The van der Waals surface area contributed by atoms with Crippen molar-refractivity contribution in [1.82, 2.24) is 4.90 Å². The van der Waals surface area contributed by atoms with Crippen molar-refractivity contribution in [2.75, 3.05) is 18.0 Å². The van der Waals surface area contributed by atoms with Gasteiger partial charge in [0.15, 0.2) is 0 Å². The topological polar surface area (TPSA) is 64.4 Å². The molecular formula is C22H21F4N3O2. The zero-order chi connectivity index (χ0) is 23.0. The summed E-state index contributed by atoms with van der Waals surface area (Å²) < 4.78 is 52.5. The van der Waals surface area contributed by atoms with Gasteiger partial charge in [-0.1, -0.05) is 25.5 Å². The summed E-state index contributed by atoms with van der Waals surface area (Å²) in [5.74, 6) is -1.30. The quantitative estimate of drug-likeness (QED) is 0.430. The van der Waals surface area contributed by atoms with Crippen molar-refractivity contribution >= 4 is 18.0 Å². The van der Waals surface area contributed by atoms with Gasteiger partial charge < -0.3 is 9.80 Å². The lowest BCUT2D eigenvalue weighted by molar-refractivity contribution is -0.137. The van der Waals surface area contributed by atoms with Crippen LogP contribution >= 0.6 is 0 Å². The Morgan fingerprint density at radius 1 is 1.16 bits per heavy atom. The van der Waals surface area contributed by atoms with E-state index in [-0.39, 0.29) is 17.8 Å². The number of anilines is 1. The van der Waals surface area contributed by atoms with E-state index in [1.807, 2.05) is 6.92 Å². The number of hydrogen-bond acceptors (Lipinski definition) is 3. The first-order valence-electron chi connectivity index (χ1n) is 9.55. The highest BCUT2D eigenvalue weighted by Gasteiger charge is 2.30. The Morgan fingerprint density at radius 2 is 1.84 bits per heavy atom. The van der Waals surface area contributed by atoms with Gasteiger partial charge in [0.1, 0.15) is 12.4 Å². The standard InChI is InChI=1S/C22H21F4N3O2/c1-2-3-10-28(13-16-4-7-18(8-5-16)22(24,25)26)21(31)14-29(15-30)20-9-6-17(12-27)11-19(20)23/h4-9,11,15H,2-3,10,13-14H2,1H3. The molecule has 0 aromatic heterocycles. The predicted molar refractivity (Wildman–Crippen MR) is 106 cm³/mol. The first kappa shape index (κ1) is 23.9. The second-order valence-electron chi connectivity index (χ2n) is 6.87. The maximum Gasteiger partial charge on any atom is 0.416 e. The number of unbranched alkanes of at least 4 members (excludes halogenated alkanes) is 1. The summed E-state index contributed by atoms with van der Waals surface area (Å²) in [5, 5.41) is 8.83.